The maximum absolute atomic E-state index is 11.4. The van der Waals surface area contributed by atoms with Crippen LogP contribution in [-0.4, -0.2) is 32.2 Å². The molecule has 21 heavy (non-hydrogen) atoms. The molecule has 0 aromatic heterocycles. The minimum atomic E-state index is 0.0280. The molecule has 2 N–H and O–H groups in total. The minimum Gasteiger partial charge on any atom is -0.486 e. The van der Waals surface area contributed by atoms with Gasteiger partial charge in [-0.15, -0.1) is 0 Å². The maximum atomic E-state index is 11.4. The fourth-order valence-corrected chi connectivity index (χ4v) is 2.13. The lowest BCUT2D eigenvalue weighted by atomic mass is 10.1. The van der Waals surface area contributed by atoms with Gasteiger partial charge in [0, 0.05) is 25.0 Å². The Kier molecular flexibility index (Phi) is 5.44. The van der Waals surface area contributed by atoms with Crippen LogP contribution in [0, 0.1) is 5.92 Å². The topological polar surface area (TPSA) is 59.6 Å². The van der Waals surface area contributed by atoms with Crippen molar-refractivity contribution in [2.24, 2.45) is 5.92 Å². The summed E-state index contributed by atoms with van der Waals surface area (Å²) in [6, 6.07) is 6.19. The summed E-state index contributed by atoms with van der Waals surface area (Å²) in [5, 5.41) is 6.28. The van der Waals surface area contributed by atoms with Crippen LogP contribution >= 0.6 is 0 Å². The normalized spacial score (nSPS) is 14.9. The van der Waals surface area contributed by atoms with E-state index in [4.69, 9.17) is 9.47 Å². The van der Waals surface area contributed by atoms with E-state index >= 15 is 0 Å². The second-order valence-corrected chi connectivity index (χ2v) is 5.52. The number of amides is 1. The Labute approximate surface area is 126 Å². The van der Waals surface area contributed by atoms with Crippen LogP contribution in [0.2, 0.25) is 0 Å². The first-order valence-electron chi connectivity index (χ1n) is 7.48. The predicted molar refractivity (Wildman–Crippen MR) is 81.7 cm³/mol. The van der Waals surface area contributed by atoms with E-state index in [2.05, 4.69) is 17.6 Å². The molecule has 0 radical (unpaired) electrons. The first-order valence-corrected chi connectivity index (χ1v) is 7.48. The summed E-state index contributed by atoms with van der Waals surface area (Å²) in [6.45, 7) is 8.44. The van der Waals surface area contributed by atoms with E-state index in [1.165, 1.54) is 0 Å². The Morgan fingerprint density at radius 3 is 2.57 bits per heavy atom. The Bertz CT molecular complexity index is 488. The maximum Gasteiger partial charge on any atom is 0.222 e. The molecule has 0 bridgehead atoms. The van der Waals surface area contributed by atoms with Gasteiger partial charge in [-0.1, -0.05) is 19.9 Å². The summed E-state index contributed by atoms with van der Waals surface area (Å²) in [5.41, 5.74) is 1.15. The van der Waals surface area contributed by atoms with Crippen LogP contribution in [-0.2, 0) is 4.79 Å². The lowest BCUT2D eigenvalue weighted by Gasteiger charge is -2.21. The zero-order chi connectivity index (χ0) is 15.2. The molecule has 0 saturated carbocycles. The molecule has 5 heteroatoms. The molecule has 1 aliphatic heterocycles. The van der Waals surface area contributed by atoms with Crippen molar-refractivity contribution in [1.29, 1.82) is 0 Å². The fourth-order valence-electron chi connectivity index (χ4n) is 2.13. The predicted octanol–water partition coefficient (Wildman–Crippen LogP) is 1.88. The van der Waals surface area contributed by atoms with Crippen molar-refractivity contribution in [3.05, 3.63) is 23.8 Å². The van der Waals surface area contributed by atoms with Crippen molar-refractivity contribution in [2.45, 2.75) is 26.8 Å². The van der Waals surface area contributed by atoms with Gasteiger partial charge in [-0.05, 0) is 24.6 Å². The lowest BCUT2D eigenvalue weighted by molar-refractivity contribution is -0.123. The van der Waals surface area contributed by atoms with Crippen LogP contribution in [0.1, 0.15) is 32.4 Å². The Balaban J connectivity index is 1.80. The van der Waals surface area contributed by atoms with Crippen molar-refractivity contribution < 1.29 is 14.3 Å². The highest BCUT2D eigenvalue weighted by molar-refractivity contribution is 5.77. The summed E-state index contributed by atoms with van der Waals surface area (Å²) in [5.74, 6) is 1.73. The molecule has 1 heterocycles. The molecule has 2 rings (SSSR count). The highest BCUT2D eigenvalue weighted by Gasteiger charge is 2.14. The van der Waals surface area contributed by atoms with Crippen LogP contribution in [0.4, 0.5) is 0 Å². The Hall–Kier alpha value is -1.75. The minimum absolute atomic E-state index is 0.0280. The van der Waals surface area contributed by atoms with Gasteiger partial charge < -0.3 is 20.1 Å². The van der Waals surface area contributed by atoms with Crippen molar-refractivity contribution in [1.82, 2.24) is 10.6 Å². The molecule has 0 spiro atoms. The van der Waals surface area contributed by atoms with Crippen LogP contribution in [0.15, 0.2) is 18.2 Å². The molecule has 1 unspecified atom stereocenters. The van der Waals surface area contributed by atoms with Crippen molar-refractivity contribution in [3.63, 3.8) is 0 Å². The highest BCUT2D eigenvalue weighted by Crippen LogP contribution is 2.32. The molecule has 1 amide bonds. The molecule has 0 saturated heterocycles. The van der Waals surface area contributed by atoms with E-state index in [0.717, 1.165) is 23.6 Å². The van der Waals surface area contributed by atoms with Gasteiger partial charge >= 0.3 is 0 Å². The number of carbonyl (C=O) groups excluding carboxylic acids is 1. The third-order valence-electron chi connectivity index (χ3n) is 3.47. The number of fused-ring (bicyclic) bond motifs is 1. The number of hydrogen-bond acceptors (Lipinski definition) is 4. The van der Waals surface area contributed by atoms with Gasteiger partial charge in [0.15, 0.2) is 11.5 Å². The molecule has 0 aliphatic carbocycles. The smallest absolute Gasteiger partial charge is 0.222 e. The molecule has 1 aliphatic rings. The molecule has 0 fully saturated rings. The molecule has 1 aromatic rings. The number of nitrogens with one attached hydrogen (secondary N) is 2. The average Bonchev–Trinajstić information content (AvgIpc) is 2.50. The van der Waals surface area contributed by atoms with Crippen molar-refractivity contribution >= 4 is 5.91 Å². The number of hydrogen-bond donors (Lipinski definition) is 2. The SMILES string of the molecule is CC(C)C(=O)NCCNC(C)c1ccc2c(c1)OCCO2. The molecule has 116 valence electrons. The summed E-state index contributed by atoms with van der Waals surface area (Å²) < 4.78 is 11.1. The summed E-state index contributed by atoms with van der Waals surface area (Å²) >= 11 is 0. The van der Waals surface area contributed by atoms with Crippen molar-refractivity contribution in [2.75, 3.05) is 26.3 Å². The molecule has 1 aromatic carbocycles. The van der Waals surface area contributed by atoms with E-state index in [1.54, 1.807) is 0 Å². The van der Waals surface area contributed by atoms with Gasteiger partial charge in [0.1, 0.15) is 13.2 Å². The highest BCUT2D eigenvalue weighted by atomic mass is 16.6. The van der Waals surface area contributed by atoms with Gasteiger partial charge in [0.05, 0.1) is 0 Å². The largest absolute Gasteiger partial charge is 0.486 e. The molecular weight excluding hydrogens is 268 g/mol. The summed E-state index contributed by atoms with van der Waals surface area (Å²) in [7, 11) is 0. The second kappa shape index (κ2) is 7.31. The first kappa shape index (κ1) is 15.6. The van der Waals surface area contributed by atoms with E-state index in [-0.39, 0.29) is 17.9 Å². The monoisotopic (exact) mass is 292 g/mol. The van der Waals surface area contributed by atoms with Gasteiger partial charge in [0.25, 0.3) is 0 Å². The van der Waals surface area contributed by atoms with Gasteiger partial charge in [0.2, 0.25) is 5.91 Å². The third kappa shape index (κ3) is 4.36. The van der Waals surface area contributed by atoms with Crippen LogP contribution in [0.25, 0.3) is 0 Å². The summed E-state index contributed by atoms with van der Waals surface area (Å²) in [4.78, 5) is 11.4. The number of rotatable bonds is 6. The van der Waals surface area contributed by atoms with Crippen LogP contribution in [0.3, 0.4) is 0 Å². The number of benzene rings is 1. The number of carbonyl (C=O) groups is 1. The third-order valence-corrected chi connectivity index (χ3v) is 3.47. The van der Waals surface area contributed by atoms with E-state index in [0.29, 0.717) is 19.8 Å². The van der Waals surface area contributed by atoms with Crippen LogP contribution in [0.5, 0.6) is 11.5 Å². The quantitative estimate of drug-likeness (QED) is 0.786. The van der Waals surface area contributed by atoms with Gasteiger partial charge in [-0.3, -0.25) is 4.79 Å². The van der Waals surface area contributed by atoms with Gasteiger partial charge in [-0.2, -0.15) is 0 Å². The van der Waals surface area contributed by atoms with E-state index in [9.17, 15) is 4.79 Å². The lowest BCUT2D eigenvalue weighted by Crippen LogP contribution is -2.35. The number of ether oxygens (including phenoxy) is 2. The zero-order valence-electron chi connectivity index (χ0n) is 12.9. The Morgan fingerprint density at radius 2 is 1.86 bits per heavy atom. The van der Waals surface area contributed by atoms with E-state index < -0.39 is 0 Å². The Morgan fingerprint density at radius 1 is 1.14 bits per heavy atom. The fraction of sp³-hybridized carbons (Fsp3) is 0.562. The first-order chi connectivity index (χ1) is 10.1. The van der Waals surface area contributed by atoms with E-state index in [1.807, 2.05) is 32.0 Å². The summed E-state index contributed by atoms with van der Waals surface area (Å²) in [6.07, 6.45) is 0. The zero-order valence-corrected chi connectivity index (χ0v) is 12.9. The van der Waals surface area contributed by atoms with Gasteiger partial charge in [-0.25, -0.2) is 0 Å². The molecular formula is C16H24N2O3. The van der Waals surface area contributed by atoms with Crippen molar-refractivity contribution in [3.8, 4) is 11.5 Å². The molecule has 5 nitrogen and oxygen atoms in total. The van der Waals surface area contributed by atoms with Crippen LogP contribution < -0.4 is 20.1 Å². The second-order valence-electron chi connectivity index (χ2n) is 5.52. The standard InChI is InChI=1S/C16H24N2O3/c1-11(2)16(19)18-7-6-17-12(3)13-4-5-14-15(10-13)21-9-8-20-14/h4-5,10-12,17H,6-9H2,1-3H3,(H,18,19). The molecule has 1 atom stereocenters. The average molecular weight is 292 g/mol.